The van der Waals surface area contributed by atoms with Crippen molar-refractivity contribution in [1.29, 1.82) is 0 Å². The Labute approximate surface area is 123 Å². The van der Waals surface area contributed by atoms with Gasteiger partial charge in [0, 0.05) is 6.54 Å². The summed E-state index contributed by atoms with van der Waals surface area (Å²) in [5, 5.41) is 0.151. The number of sulfonamides is 2. The second kappa shape index (κ2) is 6.72. The molecule has 10 heteroatoms. The molecule has 0 heterocycles. The first kappa shape index (κ1) is 17.2. The van der Waals surface area contributed by atoms with Crippen LogP contribution in [0.15, 0.2) is 23.1 Å². The fraction of sp³-hybridized carbons (Fsp3) is 0.400. The molecule has 0 unspecified atom stereocenters. The summed E-state index contributed by atoms with van der Waals surface area (Å²) >= 11 is 5.84. The highest BCUT2D eigenvalue weighted by molar-refractivity contribution is 7.90. The van der Waals surface area contributed by atoms with Gasteiger partial charge in [0.2, 0.25) is 20.0 Å². The quantitative estimate of drug-likeness (QED) is 0.735. The van der Waals surface area contributed by atoms with Gasteiger partial charge < -0.3 is 4.74 Å². The second-order valence-corrected chi connectivity index (χ2v) is 7.94. The number of nitrogens with one attached hydrogen (secondary N) is 2. The molecular formula is C10H15ClN2O5S2. The van der Waals surface area contributed by atoms with Crippen molar-refractivity contribution in [3.8, 4) is 5.75 Å². The summed E-state index contributed by atoms with van der Waals surface area (Å²) in [5.41, 5.74) is 0. The van der Waals surface area contributed by atoms with E-state index in [0.29, 0.717) is 5.75 Å². The highest BCUT2D eigenvalue weighted by Crippen LogP contribution is 2.26. The van der Waals surface area contributed by atoms with Crippen LogP contribution in [0.4, 0.5) is 0 Å². The summed E-state index contributed by atoms with van der Waals surface area (Å²) in [6, 6.07) is 3.97. The summed E-state index contributed by atoms with van der Waals surface area (Å²) in [4.78, 5) is -0.0647. The van der Waals surface area contributed by atoms with Gasteiger partial charge in [-0.2, -0.15) is 0 Å². The Bertz CT molecular complexity index is 673. The molecular weight excluding hydrogens is 328 g/mol. The molecule has 1 rings (SSSR count). The lowest BCUT2D eigenvalue weighted by molar-refractivity contribution is 0.414. The second-order valence-electron chi connectivity index (χ2n) is 3.72. The largest absolute Gasteiger partial charge is 0.495 e. The van der Waals surface area contributed by atoms with Crippen LogP contribution in [0.5, 0.6) is 5.75 Å². The van der Waals surface area contributed by atoms with Gasteiger partial charge in [-0.3, -0.25) is 0 Å². The van der Waals surface area contributed by atoms with Crippen molar-refractivity contribution in [2.24, 2.45) is 0 Å². The number of benzene rings is 1. The first-order valence-electron chi connectivity index (χ1n) is 5.46. The van der Waals surface area contributed by atoms with E-state index in [2.05, 4.69) is 9.44 Å². The third kappa shape index (κ3) is 4.60. The first-order chi connectivity index (χ1) is 9.22. The zero-order chi connectivity index (χ0) is 15.4. The van der Waals surface area contributed by atoms with Crippen LogP contribution >= 0.6 is 11.6 Å². The van der Waals surface area contributed by atoms with Crippen LogP contribution in [0.2, 0.25) is 5.02 Å². The summed E-state index contributed by atoms with van der Waals surface area (Å²) in [6.07, 6.45) is 0. The molecule has 0 radical (unpaired) electrons. The number of rotatable bonds is 7. The van der Waals surface area contributed by atoms with Gasteiger partial charge in [0.1, 0.15) is 5.75 Å². The lowest BCUT2D eigenvalue weighted by atomic mass is 10.3. The molecule has 7 nitrogen and oxygen atoms in total. The molecule has 1 aromatic rings. The number of hydrogen-bond donors (Lipinski definition) is 2. The van der Waals surface area contributed by atoms with Gasteiger partial charge in [-0.1, -0.05) is 11.6 Å². The molecule has 114 valence electrons. The monoisotopic (exact) mass is 342 g/mol. The summed E-state index contributed by atoms with van der Waals surface area (Å²) in [5.74, 6) is -0.00420. The Hall–Kier alpha value is -0.870. The van der Waals surface area contributed by atoms with Crippen molar-refractivity contribution in [3.05, 3.63) is 23.2 Å². The average molecular weight is 343 g/mol. The molecule has 20 heavy (non-hydrogen) atoms. The first-order valence-corrected chi connectivity index (χ1v) is 8.97. The Kier molecular flexibility index (Phi) is 5.78. The van der Waals surface area contributed by atoms with Crippen LogP contribution in [0.3, 0.4) is 0 Å². The van der Waals surface area contributed by atoms with Crippen LogP contribution in [0.1, 0.15) is 0 Å². The van der Waals surface area contributed by atoms with Crippen molar-refractivity contribution < 1.29 is 21.6 Å². The molecule has 0 saturated heterocycles. The van der Waals surface area contributed by atoms with E-state index in [1.807, 2.05) is 0 Å². The van der Waals surface area contributed by atoms with E-state index in [0.717, 1.165) is 0 Å². The highest BCUT2D eigenvalue weighted by atomic mass is 35.5. The van der Waals surface area contributed by atoms with Gasteiger partial charge >= 0.3 is 0 Å². The summed E-state index contributed by atoms with van der Waals surface area (Å²) in [7, 11) is -4.62. The molecule has 0 fully saturated rings. The van der Waals surface area contributed by atoms with Crippen molar-refractivity contribution >= 4 is 31.6 Å². The maximum absolute atomic E-state index is 11.9. The molecule has 0 amide bonds. The minimum atomic E-state index is -3.82. The fourth-order valence-electron chi connectivity index (χ4n) is 1.31. The van der Waals surface area contributed by atoms with E-state index in [-0.39, 0.29) is 22.2 Å². The minimum Gasteiger partial charge on any atom is -0.495 e. The van der Waals surface area contributed by atoms with Gasteiger partial charge in [0.25, 0.3) is 0 Å². The van der Waals surface area contributed by atoms with Crippen molar-refractivity contribution in [2.45, 2.75) is 4.90 Å². The zero-order valence-electron chi connectivity index (χ0n) is 10.9. The molecule has 0 spiro atoms. The number of methoxy groups -OCH3 is 1. The molecule has 0 aliphatic heterocycles. The molecule has 0 saturated carbocycles. The predicted molar refractivity (Wildman–Crippen MR) is 76.0 cm³/mol. The lowest BCUT2D eigenvalue weighted by Crippen LogP contribution is -2.32. The predicted octanol–water partition coefficient (Wildman–Crippen LogP) is 0.176. The van der Waals surface area contributed by atoms with E-state index in [9.17, 15) is 16.8 Å². The fourth-order valence-corrected chi connectivity index (χ4v) is 3.39. The zero-order valence-corrected chi connectivity index (χ0v) is 13.3. The number of ether oxygens (including phenoxy) is 1. The number of halogens is 1. The molecule has 0 atom stereocenters. The number of hydrogen-bond acceptors (Lipinski definition) is 5. The summed E-state index contributed by atoms with van der Waals surface area (Å²) < 4.78 is 55.4. The molecule has 2 N–H and O–H groups in total. The topological polar surface area (TPSA) is 102 Å². The van der Waals surface area contributed by atoms with E-state index in [4.69, 9.17) is 16.3 Å². The summed E-state index contributed by atoms with van der Waals surface area (Å²) in [6.45, 7) is -0.241. The minimum absolute atomic E-state index is 0.0647. The smallest absolute Gasteiger partial charge is 0.240 e. The van der Waals surface area contributed by atoms with Crippen LogP contribution < -0.4 is 14.2 Å². The Morgan fingerprint density at radius 3 is 2.40 bits per heavy atom. The van der Waals surface area contributed by atoms with Crippen LogP contribution in [0.25, 0.3) is 0 Å². The van der Waals surface area contributed by atoms with Gasteiger partial charge in [0.15, 0.2) is 0 Å². The van der Waals surface area contributed by atoms with E-state index in [1.165, 1.54) is 32.4 Å². The van der Waals surface area contributed by atoms with E-state index < -0.39 is 20.0 Å². The Morgan fingerprint density at radius 2 is 1.90 bits per heavy atom. The average Bonchev–Trinajstić information content (AvgIpc) is 2.38. The third-order valence-electron chi connectivity index (χ3n) is 2.41. The Balaban J connectivity index is 2.82. The van der Waals surface area contributed by atoms with Gasteiger partial charge in [-0.25, -0.2) is 26.3 Å². The SMILES string of the molecule is CNS(=O)(=O)CCNS(=O)(=O)c1ccc(OC)c(Cl)c1. The Morgan fingerprint density at radius 1 is 1.25 bits per heavy atom. The lowest BCUT2D eigenvalue weighted by Gasteiger charge is -2.09. The molecule has 0 aliphatic rings. The van der Waals surface area contributed by atoms with Crippen LogP contribution in [-0.2, 0) is 20.0 Å². The molecule has 0 bridgehead atoms. The standard InChI is InChI=1S/C10H15ClN2O5S2/c1-12-19(14,15)6-5-13-20(16,17)8-3-4-10(18-2)9(11)7-8/h3-4,7,12-13H,5-6H2,1-2H3. The van der Waals surface area contributed by atoms with Gasteiger partial charge in [0.05, 0.1) is 22.8 Å². The van der Waals surface area contributed by atoms with E-state index in [1.54, 1.807) is 0 Å². The molecule has 0 aromatic heterocycles. The van der Waals surface area contributed by atoms with Crippen molar-refractivity contribution in [2.75, 3.05) is 26.5 Å². The van der Waals surface area contributed by atoms with Crippen LogP contribution in [-0.4, -0.2) is 43.3 Å². The van der Waals surface area contributed by atoms with E-state index >= 15 is 0 Å². The van der Waals surface area contributed by atoms with Crippen LogP contribution in [0, 0.1) is 0 Å². The highest BCUT2D eigenvalue weighted by Gasteiger charge is 2.17. The van der Waals surface area contributed by atoms with Gasteiger partial charge in [-0.15, -0.1) is 0 Å². The molecule has 0 aliphatic carbocycles. The third-order valence-corrected chi connectivity index (χ3v) is 5.53. The van der Waals surface area contributed by atoms with Crippen molar-refractivity contribution in [1.82, 2.24) is 9.44 Å². The maximum atomic E-state index is 11.9. The molecule has 1 aromatic carbocycles. The maximum Gasteiger partial charge on any atom is 0.240 e. The normalized spacial score (nSPS) is 12.3. The van der Waals surface area contributed by atoms with Crippen molar-refractivity contribution in [3.63, 3.8) is 0 Å². The van der Waals surface area contributed by atoms with Gasteiger partial charge in [-0.05, 0) is 25.2 Å².